The smallest absolute Gasteiger partial charge is 0.337 e. The number of carbonyl (C=O) groups is 1. The Bertz CT molecular complexity index is 583. The van der Waals surface area contributed by atoms with Crippen LogP contribution >= 0.6 is 0 Å². The van der Waals surface area contributed by atoms with E-state index in [0.717, 1.165) is 0 Å². The van der Waals surface area contributed by atoms with Gasteiger partial charge in [-0.1, -0.05) is 18.2 Å². The highest BCUT2D eigenvalue weighted by Gasteiger charge is 2.33. The first kappa shape index (κ1) is 14.1. The fourth-order valence-electron chi connectivity index (χ4n) is 1.80. The van der Waals surface area contributed by atoms with Gasteiger partial charge in [0.15, 0.2) is 0 Å². The molecule has 0 aliphatic rings. The van der Waals surface area contributed by atoms with Gasteiger partial charge in [0.05, 0.1) is 12.7 Å². The van der Waals surface area contributed by atoms with Gasteiger partial charge in [-0.15, -0.1) is 0 Å². The lowest BCUT2D eigenvalue weighted by molar-refractivity contribution is -0.00834. The summed E-state index contributed by atoms with van der Waals surface area (Å²) < 4.78 is 32.6. The van der Waals surface area contributed by atoms with Gasteiger partial charge in [-0.3, -0.25) is 4.98 Å². The van der Waals surface area contributed by atoms with Crippen LogP contribution < -0.4 is 0 Å². The number of hydrogen-bond acceptors (Lipinski definition) is 3. The maximum atomic E-state index is 14.0. The highest BCUT2D eigenvalue weighted by molar-refractivity contribution is 5.89. The van der Waals surface area contributed by atoms with Crippen LogP contribution in [0.5, 0.6) is 0 Å². The van der Waals surface area contributed by atoms with Gasteiger partial charge in [-0.05, 0) is 29.8 Å². The second-order valence-electron chi connectivity index (χ2n) is 4.28. The Labute approximate surface area is 115 Å². The highest BCUT2D eigenvalue weighted by Crippen LogP contribution is 2.30. The van der Waals surface area contributed by atoms with Crippen molar-refractivity contribution >= 4 is 5.97 Å². The molecule has 0 bridgehead atoms. The molecule has 104 valence electrons. The van der Waals surface area contributed by atoms with E-state index >= 15 is 0 Å². The minimum Gasteiger partial charge on any atom is -0.465 e. The molecule has 0 N–H and O–H groups in total. The number of ether oxygens (including phenoxy) is 1. The van der Waals surface area contributed by atoms with Crippen molar-refractivity contribution in [2.24, 2.45) is 0 Å². The predicted molar refractivity (Wildman–Crippen MR) is 69.6 cm³/mol. The highest BCUT2D eigenvalue weighted by atomic mass is 19.3. The zero-order chi connectivity index (χ0) is 14.6. The number of halogens is 2. The van der Waals surface area contributed by atoms with Crippen LogP contribution in [0.25, 0.3) is 0 Å². The molecule has 0 fully saturated rings. The topological polar surface area (TPSA) is 39.2 Å². The first-order valence-corrected chi connectivity index (χ1v) is 5.99. The van der Waals surface area contributed by atoms with Gasteiger partial charge < -0.3 is 4.74 Å². The first-order valence-electron chi connectivity index (χ1n) is 5.99. The van der Waals surface area contributed by atoms with E-state index in [1.54, 1.807) is 6.07 Å². The van der Waals surface area contributed by atoms with Crippen LogP contribution in [0, 0.1) is 0 Å². The van der Waals surface area contributed by atoms with Gasteiger partial charge in [0.1, 0.15) is 5.69 Å². The van der Waals surface area contributed by atoms with E-state index in [0.29, 0.717) is 11.1 Å². The van der Waals surface area contributed by atoms with Crippen LogP contribution in [0.1, 0.15) is 21.6 Å². The van der Waals surface area contributed by atoms with Gasteiger partial charge in [0.25, 0.3) is 5.92 Å². The van der Waals surface area contributed by atoms with Crippen molar-refractivity contribution in [2.75, 3.05) is 7.11 Å². The molecule has 2 aromatic rings. The van der Waals surface area contributed by atoms with Crippen LogP contribution in [0.2, 0.25) is 0 Å². The Kier molecular flexibility index (Phi) is 4.08. The van der Waals surface area contributed by atoms with Crippen molar-refractivity contribution in [3.8, 4) is 0 Å². The number of rotatable bonds is 4. The van der Waals surface area contributed by atoms with Gasteiger partial charge >= 0.3 is 5.97 Å². The summed E-state index contributed by atoms with van der Waals surface area (Å²) >= 11 is 0. The van der Waals surface area contributed by atoms with Crippen LogP contribution in [0.4, 0.5) is 8.78 Å². The summed E-state index contributed by atoms with van der Waals surface area (Å²) in [6.45, 7) is 0. The normalized spacial score (nSPS) is 11.2. The average molecular weight is 277 g/mol. The third kappa shape index (κ3) is 3.17. The van der Waals surface area contributed by atoms with Crippen LogP contribution in [0.15, 0.2) is 48.7 Å². The molecule has 0 aliphatic carbocycles. The SMILES string of the molecule is COC(=O)c1ccc(CC(F)(F)c2ccccn2)cc1. The molecule has 1 aromatic heterocycles. The molecule has 0 spiro atoms. The van der Waals surface area contributed by atoms with Crippen molar-refractivity contribution < 1.29 is 18.3 Å². The lowest BCUT2D eigenvalue weighted by atomic mass is 10.0. The van der Waals surface area contributed by atoms with Crippen molar-refractivity contribution in [2.45, 2.75) is 12.3 Å². The minimum absolute atomic E-state index is 0.267. The van der Waals surface area contributed by atoms with E-state index in [4.69, 9.17) is 0 Å². The fraction of sp³-hybridized carbons (Fsp3) is 0.200. The quantitative estimate of drug-likeness (QED) is 0.806. The molecule has 1 aromatic carbocycles. The molecule has 0 aliphatic heterocycles. The Morgan fingerprint density at radius 3 is 2.45 bits per heavy atom. The summed E-state index contributed by atoms with van der Waals surface area (Å²) in [5.41, 5.74) is 0.489. The fourth-order valence-corrected chi connectivity index (χ4v) is 1.80. The van der Waals surface area contributed by atoms with E-state index in [-0.39, 0.29) is 5.69 Å². The molecule has 5 heteroatoms. The lowest BCUT2D eigenvalue weighted by Gasteiger charge is -2.15. The molecule has 0 radical (unpaired) electrons. The zero-order valence-corrected chi connectivity index (χ0v) is 10.8. The van der Waals surface area contributed by atoms with Crippen LogP contribution in [-0.2, 0) is 17.1 Å². The molecule has 0 saturated heterocycles. The number of hydrogen-bond donors (Lipinski definition) is 0. The summed E-state index contributed by atoms with van der Waals surface area (Å²) in [4.78, 5) is 14.9. The minimum atomic E-state index is -3.05. The van der Waals surface area contributed by atoms with E-state index in [1.165, 1.54) is 49.7 Å². The van der Waals surface area contributed by atoms with Crippen LogP contribution in [-0.4, -0.2) is 18.1 Å². The predicted octanol–water partition coefficient (Wildman–Crippen LogP) is 3.20. The number of esters is 1. The second kappa shape index (κ2) is 5.77. The number of pyridine rings is 1. The third-order valence-electron chi connectivity index (χ3n) is 2.84. The first-order chi connectivity index (χ1) is 9.53. The monoisotopic (exact) mass is 277 g/mol. The number of benzene rings is 1. The second-order valence-corrected chi connectivity index (χ2v) is 4.28. The molecule has 0 amide bonds. The Hall–Kier alpha value is -2.30. The van der Waals surface area contributed by atoms with Gasteiger partial charge in [-0.25, -0.2) is 4.79 Å². The van der Waals surface area contributed by atoms with E-state index in [9.17, 15) is 13.6 Å². The summed E-state index contributed by atoms with van der Waals surface area (Å²) in [6.07, 6.45) is 0.870. The Balaban J connectivity index is 2.15. The molecule has 1 heterocycles. The number of nitrogens with zero attached hydrogens (tertiary/aromatic N) is 1. The van der Waals surface area contributed by atoms with Crippen molar-refractivity contribution in [3.05, 3.63) is 65.5 Å². The zero-order valence-electron chi connectivity index (χ0n) is 10.8. The van der Waals surface area contributed by atoms with E-state index in [1.807, 2.05) is 0 Å². The average Bonchev–Trinajstić information content (AvgIpc) is 2.48. The maximum absolute atomic E-state index is 14.0. The van der Waals surface area contributed by atoms with Crippen LogP contribution in [0.3, 0.4) is 0 Å². The van der Waals surface area contributed by atoms with Gasteiger partial charge in [0.2, 0.25) is 0 Å². The van der Waals surface area contributed by atoms with E-state index in [2.05, 4.69) is 9.72 Å². The summed E-state index contributed by atoms with van der Waals surface area (Å²) in [7, 11) is 1.27. The van der Waals surface area contributed by atoms with Gasteiger partial charge in [-0.2, -0.15) is 8.78 Å². The molecular formula is C15H13F2NO2. The summed E-state index contributed by atoms with van der Waals surface area (Å²) in [5.74, 6) is -3.54. The molecule has 0 atom stereocenters. The number of alkyl halides is 2. The summed E-state index contributed by atoms with van der Waals surface area (Å²) in [5, 5.41) is 0. The number of methoxy groups -OCH3 is 1. The lowest BCUT2D eigenvalue weighted by Crippen LogP contribution is -2.18. The molecule has 0 unspecified atom stereocenters. The van der Waals surface area contributed by atoms with Crippen molar-refractivity contribution in [1.82, 2.24) is 4.98 Å². The molecule has 3 nitrogen and oxygen atoms in total. The van der Waals surface area contributed by atoms with Crippen molar-refractivity contribution in [3.63, 3.8) is 0 Å². The number of carbonyl (C=O) groups excluding carboxylic acids is 1. The standard InChI is InChI=1S/C15H13F2NO2/c1-20-14(19)12-7-5-11(6-8-12)10-15(16,17)13-4-2-3-9-18-13/h2-9H,10H2,1H3. The molecular weight excluding hydrogens is 264 g/mol. The third-order valence-corrected chi connectivity index (χ3v) is 2.84. The van der Waals surface area contributed by atoms with Crippen molar-refractivity contribution in [1.29, 1.82) is 0 Å². The molecule has 2 rings (SSSR count). The van der Waals surface area contributed by atoms with Gasteiger partial charge in [0, 0.05) is 12.6 Å². The molecule has 0 saturated carbocycles. The maximum Gasteiger partial charge on any atom is 0.337 e. The Morgan fingerprint density at radius 1 is 1.20 bits per heavy atom. The largest absolute Gasteiger partial charge is 0.465 e. The van der Waals surface area contributed by atoms with E-state index < -0.39 is 18.3 Å². The number of aromatic nitrogens is 1. The Morgan fingerprint density at radius 2 is 1.90 bits per heavy atom. The summed E-state index contributed by atoms with van der Waals surface area (Å²) in [6, 6.07) is 10.3. The molecule has 20 heavy (non-hydrogen) atoms.